The van der Waals surface area contributed by atoms with Gasteiger partial charge in [0.25, 0.3) is 0 Å². The van der Waals surface area contributed by atoms with Gasteiger partial charge < -0.3 is 9.80 Å². The average molecular weight is 233 g/mol. The molecule has 94 valence electrons. The molecule has 3 nitrogen and oxygen atoms in total. The van der Waals surface area contributed by atoms with Gasteiger partial charge in [-0.1, -0.05) is 12.7 Å². The van der Waals surface area contributed by atoms with Gasteiger partial charge in [0.05, 0.1) is 11.4 Å². The first-order valence-electron chi connectivity index (χ1n) is 5.84. The highest BCUT2D eigenvalue weighted by Gasteiger charge is 2.27. The van der Waals surface area contributed by atoms with Crippen molar-refractivity contribution in [1.29, 1.82) is 0 Å². The molecule has 0 saturated heterocycles. The lowest BCUT2D eigenvalue weighted by Gasteiger charge is -2.36. The lowest BCUT2D eigenvalue weighted by molar-refractivity contribution is 0.162. The number of nitrogens with zero attached hydrogens (tertiary/aromatic N) is 3. The van der Waals surface area contributed by atoms with E-state index in [0.29, 0.717) is 0 Å². The van der Waals surface area contributed by atoms with E-state index in [9.17, 15) is 0 Å². The van der Waals surface area contributed by atoms with Gasteiger partial charge in [-0.15, -0.1) is 0 Å². The minimum atomic E-state index is 0.105. The SMILES string of the molecule is C=C/C=C1\C(=NC)C=CN1CC(C)(C)N(C)C. The molecule has 0 bridgehead atoms. The van der Waals surface area contributed by atoms with Crippen LogP contribution in [0.15, 0.2) is 41.7 Å². The third-order valence-electron chi connectivity index (χ3n) is 3.27. The van der Waals surface area contributed by atoms with Crippen molar-refractivity contribution in [3.05, 3.63) is 36.7 Å². The van der Waals surface area contributed by atoms with E-state index >= 15 is 0 Å². The highest BCUT2D eigenvalue weighted by atomic mass is 15.2. The predicted octanol–water partition coefficient (Wildman–Crippen LogP) is 2.30. The summed E-state index contributed by atoms with van der Waals surface area (Å²) in [6, 6.07) is 0. The molecule has 0 aliphatic carbocycles. The molecule has 0 aromatic carbocycles. The molecule has 0 N–H and O–H groups in total. The van der Waals surface area contributed by atoms with Gasteiger partial charge in [0.15, 0.2) is 0 Å². The number of likely N-dealkylation sites (N-methyl/N-ethyl adjacent to an activating group) is 1. The van der Waals surface area contributed by atoms with Crippen molar-refractivity contribution >= 4 is 5.71 Å². The second-order valence-electron chi connectivity index (χ2n) is 5.05. The van der Waals surface area contributed by atoms with Crippen LogP contribution in [0, 0.1) is 0 Å². The van der Waals surface area contributed by atoms with Gasteiger partial charge >= 0.3 is 0 Å². The smallest absolute Gasteiger partial charge is 0.0822 e. The van der Waals surface area contributed by atoms with Gasteiger partial charge in [0.1, 0.15) is 0 Å². The molecule has 1 rings (SSSR count). The van der Waals surface area contributed by atoms with Gasteiger partial charge in [-0.05, 0) is 40.1 Å². The van der Waals surface area contributed by atoms with Crippen LogP contribution >= 0.6 is 0 Å². The van der Waals surface area contributed by atoms with Crippen molar-refractivity contribution < 1.29 is 0 Å². The first-order valence-corrected chi connectivity index (χ1v) is 5.84. The molecule has 17 heavy (non-hydrogen) atoms. The molecule has 1 heterocycles. The number of hydrogen-bond acceptors (Lipinski definition) is 3. The second-order valence-corrected chi connectivity index (χ2v) is 5.05. The molecule has 0 spiro atoms. The Morgan fingerprint density at radius 2 is 2.12 bits per heavy atom. The first kappa shape index (κ1) is 13.7. The van der Waals surface area contributed by atoms with E-state index in [0.717, 1.165) is 18.0 Å². The fraction of sp³-hybridized carbons (Fsp3) is 0.500. The Morgan fingerprint density at radius 1 is 1.47 bits per heavy atom. The van der Waals surface area contributed by atoms with Crippen LogP contribution in [0.4, 0.5) is 0 Å². The highest BCUT2D eigenvalue weighted by molar-refractivity contribution is 6.10. The summed E-state index contributed by atoms with van der Waals surface area (Å²) in [6.07, 6.45) is 7.95. The summed E-state index contributed by atoms with van der Waals surface area (Å²) >= 11 is 0. The van der Waals surface area contributed by atoms with E-state index in [1.807, 2.05) is 25.3 Å². The Balaban J connectivity index is 2.90. The lowest BCUT2D eigenvalue weighted by Crippen LogP contribution is -2.46. The van der Waals surface area contributed by atoms with Gasteiger partial charge in [-0.25, -0.2) is 0 Å². The highest BCUT2D eigenvalue weighted by Crippen LogP contribution is 2.22. The maximum Gasteiger partial charge on any atom is 0.0822 e. The monoisotopic (exact) mass is 233 g/mol. The standard InChI is InChI=1S/C14H23N3/c1-7-8-13-12(15-4)9-10-17(13)11-14(2,3)16(5)6/h7-10H,1,11H2,2-6H3/b13-8+,15-12?. The third-order valence-corrected chi connectivity index (χ3v) is 3.27. The Labute approximate surface area is 105 Å². The summed E-state index contributed by atoms with van der Waals surface area (Å²) in [5, 5.41) is 0. The van der Waals surface area contributed by atoms with Crippen molar-refractivity contribution in [3.63, 3.8) is 0 Å². The molecule has 0 atom stereocenters. The van der Waals surface area contributed by atoms with Crippen LogP contribution in [-0.2, 0) is 0 Å². The summed E-state index contributed by atoms with van der Waals surface area (Å²) in [6.45, 7) is 9.15. The summed E-state index contributed by atoms with van der Waals surface area (Å²) in [4.78, 5) is 8.73. The molecule has 0 aromatic rings. The first-order chi connectivity index (χ1) is 7.92. The van der Waals surface area contributed by atoms with Gasteiger partial charge in [-0.2, -0.15) is 0 Å². The maximum absolute atomic E-state index is 4.27. The van der Waals surface area contributed by atoms with Gasteiger partial charge in [0, 0.05) is 25.3 Å². The van der Waals surface area contributed by atoms with Crippen molar-refractivity contribution in [3.8, 4) is 0 Å². The fourth-order valence-corrected chi connectivity index (χ4v) is 1.65. The zero-order valence-electron chi connectivity index (χ0n) is 11.6. The normalized spacial score (nSPS) is 20.9. The summed E-state index contributed by atoms with van der Waals surface area (Å²) in [5.74, 6) is 0. The molecular formula is C14H23N3. The van der Waals surface area contributed by atoms with Crippen LogP contribution in [0.25, 0.3) is 0 Å². The van der Waals surface area contributed by atoms with E-state index in [4.69, 9.17) is 0 Å². The van der Waals surface area contributed by atoms with Gasteiger partial charge in [-0.3, -0.25) is 4.99 Å². The fourth-order valence-electron chi connectivity index (χ4n) is 1.65. The van der Waals surface area contributed by atoms with Crippen LogP contribution < -0.4 is 0 Å². The molecule has 1 aliphatic rings. The quantitative estimate of drug-likeness (QED) is 0.742. The van der Waals surface area contributed by atoms with Gasteiger partial charge in [0.2, 0.25) is 0 Å². The Bertz CT molecular complexity index is 373. The Morgan fingerprint density at radius 3 is 2.59 bits per heavy atom. The van der Waals surface area contributed by atoms with Crippen LogP contribution in [0.1, 0.15) is 13.8 Å². The predicted molar refractivity (Wildman–Crippen MR) is 75.3 cm³/mol. The minimum Gasteiger partial charge on any atom is -0.344 e. The molecule has 0 saturated carbocycles. The van der Waals surface area contributed by atoms with E-state index in [1.165, 1.54) is 0 Å². The van der Waals surface area contributed by atoms with Crippen molar-refractivity contribution in [2.45, 2.75) is 19.4 Å². The number of hydrogen-bond donors (Lipinski definition) is 0. The molecule has 3 heteroatoms. The zero-order valence-corrected chi connectivity index (χ0v) is 11.6. The summed E-state index contributed by atoms with van der Waals surface area (Å²) in [7, 11) is 6.02. The zero-order chi connectivity index (χ0) is 13.1. The Kier molecular flexibility index (Phi) is 4.29. The molecule has 0 aromatic heterocycles. The number of aliphatic imine (C=N–C) groups is 1. The van der Waals surface area contributed by atoms with E-state index in [-0.39, 0.29) is 5.54 Å². The molecule has 0 fully saturated rings. The van der Waals surface area contributed by atoms with E-state index in [1.54, 1.807) is 0 Å². The molecule has 0 radical (unpaired) electrons. The molecule has 1 aliphatic heterocycles. The van der Waals surface area contributed by atoms with Crippen molar-refractivity contribution in [1.82, 2.24) is 9.80 Å². The maximum atomic E-state index is 4.27. The van der Waals surface area contributed by atoms with Crippen molar-refractivity contribution in [2.24, 2.45) is 4.99 Å². The second kappa shape index (κ2) is 5.32. The van der Waals surface area contributed by atoms with Crippen LogP contribution in [0.3, 0.4) is 0 Å². The molecule has 0 unspecified atom stereocenters. The van der Waals surface area contributed by atoms with Crippen LogP contribution in [0.5, 0.6) is 0 Å². The van der Waals surface area contributed by atoms with Crippen LogP contribution in [0.2, 0.25) is 0 Å². The third kappa shape index (κ3) is 3.07. The molecular weight excluding hydrogens is 210 g/mol. The van der Waals surface area contributed by atoms with E-state index < -0.39 is 0 Å². The largest absolute Gasteiger partial charge is 0.344 e. The molecule has 0 amide bonds. The lowest BCUT2D eigenvalue weighted by atomic mass is 10.0. The summed E-state index contributed by atoms with van der Waals surface area (Å²) in [5.41, 5.74) is 2.24. The topological polar surface area (TPSA) is 18.8 Å². The average Bonchev–Trinajstić information content (AvgIpc) is 2.61. The minimum absolute atomic E-state index is 0.105. The number of allylic oxidation sites excluding steroid dienone is 3. The van der Waals surface area contributed by atoms with Crippen LogP contribution in [-0.4, -0.2) is 48.7 Å². The Hall–Kier alpha value is -1.35. The van der Waals surface area contributed by atoms with E-state index in [2.05, 4.69) is 55.5 Å². The number of rotatable bonds is 4. The van der Waals surface area contributed by atoms with Crippen molar-refractivity contribution in [2.75, 3.05) is 27.7 Å². The summed E-state index contributed by atoms with van der Waals surface area (Å²) < 4.78 is 0.